The molecule has 30 heavy (non-hydrogen) atoms. The zero-order valence-corrected chi connectivity index (χ0v) is 18.4. The molecule has 1 aromatic carbocycles. The highest BCUT2D eigenvalue weighted by molar-refractivity contribution is 7.21. The first-order chi connectivity index (χ1) is 14.7. The van der Waals surface area contributed by atoms with Gasteiger partial charge in [0.2, 0.25) is 5.78 Å². The van der Waals surface area contributed by atoms with Crippen molar-refractivity contribution in [3.8, 4) is 26.8 Å². The summed E-state index contributed by atoms with van der Waals surface area (Å²) < 4.78 is 5.19. The lowest BCUT2D eigenvalue weighted by molar-refractivity contribution is 0.104. The monoisotopic (exact) mass is 448 g/mol. The van der Waals surface area contributed by atoms with Crippen molar-refractivity contribution in [1.29, 1.82) is 0 Å². The molecule has 0 unspecified atom stereocenters. The van der Waals surface area contributed by atoms with Gasteiger partial charge in [-0.3, -0.25) is 4.79 Å². The number of pyridine rings is 1. The number of ketones is 1. The van der Waals surface area contributed by atoms with Gasteiger partial charge >= 0.3 is 0 Å². The van der Waals surface area contributed by atoms with Crippen molar-refractivity contribution in [2.24, 2.45) is 0 Å². The summed E-state index contributed by atoms with van der Waals surface area (Å²) in [6, 6.07) is 17.3. The quantitative estimate of drug-likeness (QED) is 0.309. The molecule has 4 aromatic heterocycles. The van der Waals surface area contributed by atoms with Crippen LogP contribution in [0.2, 0.25) is 0 Å². The number of nitrogen functional groups attached to an aromatic ring is 1. The second-order valence-corrected chi connectivity index (χ2v) is 9.49. The van der Waals surface area contributed by atoms with Crippen LogP contribution >= 0.6 is 34.0 Å². The van der Waals surface area contributed by atoms with E-state index in [1.807, 2.05) is 22.9 Å². The molecule has 0 atom stereocenters. The minimum absolute atomic E-state index is 0.104. The molecule has 5 aromatic rings. The van der Waals surface area contributed by atoms with Crippen molar-refractivity contribution >= 4 is 55.7 Å². The number of nitrogens with two attached hydrogens (primary N) is 1. The van der Waals surface area contributed by atoms with E-state index in [1.165, 1.54) is 11.3 Å². The van der Waals surface area contributed by atoms with Crippen molar-refractivity contribution in [3.63, 3.8) is 0 Å². The number of aromatic nitrogens is 1. The lowest BCUT2D eigenvalue weighted by atomic mass is 10.0. The van der Waals surface area contributed by atoms with Gasteiger partial charge in [0.05, 0.1) is 23.4 Å². The molecule has 0 saturated carbocycles. The first kappa shape index (κ1) is 19.0. The van der Waals surface area contributed by atoms with Gasteiger partial charge in [-0.05, 0) is 53.2 Å². The van der Waals surface area contributed by atoms with E-state index in [2.05, 4.69) is 18.2 Å². The summed E-state index contributed by atoms with van der Waals surface area (Å²) in [6.07, 6.45) is 0. The van der Waals surface area contributed by atoms with Crippen molar-refractivity contribution in [2.75, 3.05) is 12.8 Å². The molecule has 0 radical (unpaired) electrons. The maximum atomic E-state index is 13.2. The average Bonchev–Trinajstić information content (AvgIpc) is 3.54. The number of fused-ring (bicyclic) bond motifs is 1. The number of rotatable bonds is 5. The summed E-state index contributed by atoms with van der Waals surface area (Å²) in [4.78, 5) is 21.6. The zero-order valence-electron chi connectivity index (χ0n) is 15.9. The minimum Gasteiger partial charge on any atom is -0.497 e. The molecule has 5 rings (SSSR count). The lowest BCUT2D eigenvalue weighted by Crippen LogP contribution is -2.02. The second kappa shape index (κ2) is 7.68. The number of carbonyl (C=O) groups is 1. The molecule has 148 valence electrons. The van der Waals surface area contributed by atoms with E-state index in [4.69, 9.17) is 15.5 Å². The third-order valence-electron chi connectivity index (χ3n) is 4.82. The van der Waals surface area contributed by atoms with Crippen molar-refractivity contribution in [2.45, 2.75) is 0 Å². The minimum atomic E-state index is -0.104. The van der Waals surface area contributed by atoms with Gasteiger partial charge in [0.1, 0.15) is 15.5 Å². The van der Waals surface area contributed by atoms with Crippen LogP contribution in [0.3, 0.4) is 0 Å². The number of hydrogen-bond acceptors (Lipinski definition) is 7. The van der Waals surface area contributed by atoms with Crippen molar-refractivity contribution < 1.29 is 9.53 Å². The van der Waals surface area contributed by atoms with Gasteiger partial charge in [-0.1, -0.05) is 12.1 Å². The Morgan fingerprint density at radius 3 is 2.33 bits per heavy atom. The standard InChI is InChI=1S/C23H16N2O2S3/c1-27-14-8-6-13(7-9-14)21(26)22-20(24)19-15(17-4-2-10-28-17)12-16(25-23(19)30-22)18-5-3-11-29-18/h2-12H,24H2,1H3. The molecule has 4 heterocycles. The van der Waals surface area contributed by atoms with Crippen LogP contribution in [0, 0.1) is 0 Å². The summed E-state index contributed by atoms with van der Waals surface area (Å²) in [5.41, 5.74) is 9.51. The van der Waals surface area contributed by atoms with E-state index < -0.39 is 0 Å². The number of carbonyl (C=O) groups excluding carboxylic acids is 1. The molecule has 0 fully saturated rings. The predicted molar refractivity (Wildman–Crippen MR) is 127 cm³/mol. The molecule has 2 N–H and O–H groups in total. The largest absolute Gasteiger partial charge is 0.497 e. The van der Waals surface area contributed by atoms with Crippen molar-refractivity contribution in [3.05, 3.63) is 75.8 Å². The Bertz CT molecular complexity index is 1340. The van der Waals surface area contributed by atoms with E-state index in [-0.39, 0.29) is 5.78 Å². The molecule has 0 aliphatic rings. The van der Waals surface area contributed by atoms with E-state index in [0.29, 0.717) is 21.9 Å². The van der Waals surface area contributed by atoms with E-state index in [0.717, 1.165) is 31.2 Å². The van der Waals surface area contributed by atoms with Crippen LogP contribution in [0.4, 0.5) is 5.69 Å². The number of nitrogens with zero attached hydrogens (tertiary/aromatic N) is 1. The highest BCUT2D eigenvalue weighted by Crippen LogP contribution is 2.43. The molecular weight excluding hydrogens is 432 g/mol. The molecule has 7 heteroatoms. The maximum absolute atomic E-state index is 13.2. The van der Waals surface area contributed by atoms with E-state index >= 15 is 0 Å². The van der Waals surface area contributed by atoms with Gasteiger partial charge in [-0.15, -0.1) is 34.0 Å². The molecule has 4 nitrogen and oxygen atoms in total. The van der Waals surface area contributed by atoms with Crippen LogP contribution < -0.4 is 10.5 Å². The van der Waals surface area contributed by atoms with Crippen LogP contribution in [-0.4, -0.2) is 17.9 Å². The molecule has 0 aliphatic carbocycles. The normalized spacial score (nSPS) is 11.1. The van der Waals surface area contributed by atoms with Gasteiger partial charge < -0.3 is 10.5 Å². The Labute approximate surface area is 185 Å². The van der Waals surface area contributed by atoms with E-state index in [1.54, 1.807) is 54.0 Å². The van der Waals surface area contributed by atoms with Crippen molar-refractivity contribution in [1.82, 2.24) is 4.98 Å². The Hall–Kier alpha value is -3.00. The number of ether oxygens (including phenoxy) is 1. The van der Waals surface area contributed by atoms with Crippen LogP contribution in [-0.2, 0) is 0 Å². The molecule has 0 amide bonds. The fourth-order valence-electron chi connectivity index (χ4n) is 3.34. The summed E-state index contributed by atoms with van der Waals surface area (Å²) >= 11 is 4.65. The number of anilines is 1. The Balaban J connectivity index is 1.70. The number of thiophene rings is 3. The van der Waals surface area contributed by atoms with Gasteiger partial charge in [-0.2, -0.15) is 0 Å². The highest BCUT2D eigenvalue weighted by Gasteiger charge is 2.23. The molecule has 0 saturated heterocycles. The smallest absolute Gasteiger partial charge is 0.205 e. The molecular formula is C23H16N2O2S3. The Kier molecular flexibility index (Phi) is 4.86. The SMILES string of the molecule is COc1ccc(C(=O)c2sc3nc(-c4cccs4)cc(-c4cccs4)c3c2N)cc1. The summed E-state index contributed by atoms with van der Waals surface area (Å²) in [7, 11) is 1.60. The molecule has 0 bridgehead atoms. The first-order valence-corrected chi connectivity index (χ1v) is 11.7. The van der Waals surface area contributed by atoms with Gasteiger partial charge in [0.25, 0.3) is 0 Å². The topological polar surface area (TPSA) is 65.2 Å². The van der Waals surface area contributed by atoms with Gasteiger partial charge in [0, 0.05) is 21.4 Å². The number of hydrogen-bond donors (Lipinski definition) is 1. The average molecular weight is 449 g/mol. The van der Waals surface area contributed by atoms with Gasteiger partial charge in [0.15, 0.2) is 0 Å². The van der Waals surface area contributed by atoms with Crippen LogP contribution in [0.5, 0.6) is 5.75 Å². The molecule has 0 aliphatic heterocycles. The first-order valence-electron chi connectivity index (χ1n) is 9.15. The number of benzene rings is 1. The fraction of sp³-hybridized carbons (Fsp3) is 0.0435. The third kappa shape index (κ3) is 3.21. The van der Waals surface area contributed by atoms with Crippen LogP contribution in [0.1, 0.15) is 15.2 Å². The van der Waals surface area contributed by atoms with Crippen LogP contribution in [0.15, 0.2) is 65.4 Å². The van der Waals surface area contributed by atoms with Gasteiger partial charge in [-0.25, -0.2) is 4.98 Å². The van der Waals surface area contributed by atoms with E-state index in [9.17, 15) is 4.79 Å². The van der Waals surface area contributed by atoms with Crippen LogP contribution in [0.25, 0.3) is 31.2 Å². The Morgan fingerprint density at radius 1 is 1.00 bits per heavy atom. The summed E-state index contributed by atoms with van der Waals surface area (Å²) in [5.74, 6) is 0.603. The highest BCUT2D eigenvalue weighted by atomic mass is 32.1. The predicted octanol–water partition coefficient (Wildman–Crippen LogP) is 6.58. The molecule has 0 spiro atoms. The third-order valence-corrected chi connectivity index (χ3v) is 7.71. The Morgan fingerprint density at radius 2 is 1.70 bits per heavy atom. The summed E-state index contributed by atoms with van der Waals surface area (Å²) in [6.45, 7) is 0. The maximum Gasteiger partial charge on any atom is 0.205 e. The summed E-state index contributed by atoms with van der Waals surface area (Å²) in [5, 5.41) is 4.92. The lowest BCUT2D eigenvalue weighted by Gasteiger charge is -2.06. The zero-order chi connectivity index (χ0) is 20.7. The fourth-order valence-corrected chi connectivity index (χ4v) is 5.86. The second-order valence-electron chi connectivity index (χ2n) is 6.59. The number of methoxy groups -OCH3 is 1.